The van der Waals surface area contributed by atoms with Gasteiger partial charge in [-0.3, -0.25) is 4.98 Å². The Hall–Kier alpha value is -2.08. The van der Waals surface area contributed by atoms with E-state index >= 15 is 0 Å². The van der Waals surface area contributed by atoms with Crippen LogP contribution in [0.5, 0.6) is 0 Å². The van der Waals surface area contributed by atoms with Gasteiger partial charge in [-0.1, -0.05) is 44.2 Å². The van der Waals surface area contributed by atoms with Crippen LogP contribution in [0.2, 0.25) is 0 Å². The lowest BCUT2D eigenvalue weighted by Crippen LogP contribution is -2.17. The number of benzene rings is 1. The lowest BCUT2D eigenvalue weighted by Gasteiger charge is -2.23. The molecule has 1 aliphatic heterocycles. The largest absolute Gasteiger partial charge is 0.348 e. The molecule has 1 saturated heterocycles. The molecule has 1 aromatic carbocycles. The lowest BCUT2D eigenvalue weighted by molar-refractivity contribution is -0.183. The van der Waals surface area contributed by atoms with Crippen LogP contribution < -0.4 is 0 Å². The smallest absolute Gasteiger partial charge is 0.183 e. The summed E-state index contributed by atoms with van der Waals surface area (Å²) in [5.74, 6) is 0.616. The molecule has 0 spiro atoms. The Morgan fingerprint density at radius 3 is 2.37 bits per heavy atom. The maximum Gasteiger partial charge on any atom is 0.183 e. The van der Waals surface area contributed by atoms with E-state index in [1.54, 1.807) is 11.3 Å². The van der Waals surface area contributed by atoms with Crippen molar-refractivity contribution in [3.8, 4) is 21.0 Å². The molecule has 27 heavy (non-hydrogen) atoms. The number of hydrogen-bond acceptors (Lipinski definition) is 5. The fourth-order valence-electron chi connectivity index (χ4n) is 3.11. The van der Waals surface area contributed by atoms with Gasteiger partial charge in [0.1, 0.15) is 5.01 Å². The highest BCUT2D eigenvalue weighted by Gasteiger charge is 2.16. The molecule has 3 aromatic rings. The first kappa shape index (κ1) is 18.3. The van der Waals surface area contributed by atoms with E-state index in [4.69, 9.17) is 9.47 Å². The Labute approximate surface area is 164 Å². The lowest BCUT2D eigenvalue weighted by atomic mass is 10.1. The molecule has 4 nitrogen and oxygen atoms in total. The van der Waals surface area contributed by atoms with Gasteiger partial charge < -0.3 is 9.47 Å². The molecule has 4 rings (SSSR count). The minimum atomic E-state index is -0.241. The Morgan fingerprint density at radius 1 is 0.963 bits per heavy atom. The molecule has 3 heterocycles. The van der Waals surface area contributed by atoms with Crippen LogP contribution in [0.25, 0.3) is 21.0 Å². The minimum Gasteiger partial charge on any atom is -0.348 e. The zero-order valence-corrected chi connectivity index (χ0v) is 16.5. The van der Waals surface area contributed by atoms with Crippen LogP contribution in [0.3, 0.4) is 0 Å². The summed E-state index contributed by atoms with van der Waals surface area (Å²) in [5.41, 5.74) is 4.42. The van der Waals surface area contributed by atoms with Crippen LogP contribution >= 0.6 is 11.3 Å². The Kier molecular flexibility index (Phi) is 5.62. The Bertz CT molecular complexity index is 866. The van der Waals surface area contributed by atoms with Crippen molar-refractivity contribution in [2.24, 2.45) is 5.92 Å². The van der Waals surface area contributed by atoms with E-state index in [9.17, 15) is 0 Å². The average molecular weight is 381 g/mol. The van der Waals surface area contributed by atoms with Gasteiger partial charge in [0.25, 0.3) is 0 Å². The molecule has 0 radical (unpaired) electrons. The quantitative estimate of drug-likeness (QED) is 0.586. The van der Waals surface area contributed by atoms with Gasteiger partial charge in [0, 0.05) is 34.8 Å². The average Bonchev–Trinajstić information content (AvgIpc) is 3.19. The Morgan fingerprint density at radius 2 is 1.70 bits per heavy atom. The third-order valence-corrected chi connectivity index (χ3v) is 5.58. The third kappa shape index (κ3) is 4.43. The SMILES string of the molecule is CC(C)Cc1ccc(-c2cnc(-c3ccc(C4OCCCO4)cc3)s2)cn1. The number of pyridine rings is 1. The highest BCUT2D eigenvalue weighted by molar-refractivity contribution is 7.18. The third-order valence-electron chi connectivity index (χ3n) is 4.49. The minimum absolute atomic E-state index is 0.241. The van der Waals surface area contributed by atoms with Crippen molar-refractivity contribution in [3.05, 3.63) is 60.0 Å². The van der Waals surface area contributed by atoms with E-state index in [1.807, 2.05) is 12.4 Å². The molecule has 140 valence electrons. The van der Waals surface area contributed by atoms with E-state index in [0.29, 0.717) is 5.92 Å². The molecule has 0 unspecified atom stereocenters. The number of thiazole rings is 1. The fraction of sp³-hybridized carbons (Fsp3) is 0.364. The molecule has 0 atom stereocenters. The fourth-order valence-corrected chi connectivity index (χ4v) is 4.03. The van der Waals surface area contributed by atoms with Crippen LogP contribution in [-0.4, -0.2) is 23.2 Å². The van der Waals surface area contributed by atoms with Crippen LogP contribution in [0.15, 0.2) is 48.8 Å². The van der Waals surface area contributed by atoms with Gasteiger partial charge in [-0.25, -0.2) is 4.98 Å². The predicted molar refractivity (Wildman–Crippen MR) is 109 cm³/mol. The van der Waals surface area contributed by atoms with E-state index in [1.165, 1.54) is 0 Å². The maximum atomic E-state index is 5.66. The second kappa shape index (κ2) is 8.30. The summed E-state index contributed by atoms with van der Waals surface area (Å²) in [7, 11) is 0. The van der Waals surface area contributed by atoms with Gasteiger partial charge in [0.2, 0.25) is 0 Å². The predicted octanol–water partition coefficient (Wildman–Crippen LogP) is 5.51. The summed E-state index contributed by atoms with van der Waals surface area (Å²) in [6, 6.07) is 12.6. The summed E-state index contributed by atoms with van der Waals surface area (Å²) in [4.78, 5) is 10.3. The molecule has 0 amide bonds. The molecule has 0 saturated carbocycles. The molecule has 0 bridgehead atoms. The zero-order valence-electron chi connectivity index (χ0n) is 15.7. The number of nitrogens with zero attached hydrogens (tertiary/aromatic N) is 2. The van der Waals surface area contributed by atoms with Crippen molar-refractivity contribution in [2.45, 2.75) is 33.0 Å². The zero-order chi connectivity index (χ0) is 18.6. The van der Waals surface area contributed by atoms with Gasteiger partial charge in [0.05, 0.1) is 18.1 Å². The first-order chi connectivity index (χ1) is 13.2. The van der Waals surface area contributed by atoms with Crippen LogP contribution in [0.1, 0.15) is 37.8 Å². The molecular weight excluding hydrogens is 356 g/mol. The summed E-state index contributed by atoms with van der Waals surface area (Å²) in [6.07, 6.45) is 5.62. The first-order valence-corrected chi connectivity index (χ1v) is 10.3. The normalized spacial score (nSPS) is 15.4. The van der Waals surface area contributed by atoms with Crippen molar-refractivity contribution in [2.75, 3.05) is 13.2 Å². The first-order valence-electron chi connectivity index (χ1n) is 9.44. The standard InChI is InChI=1S/C22H24N2O2S/c1-15(2)12-19-9-8-18(13-23-19)20-14-24-21(27-20)16-4-6-17(7-5-16)22-25-10-3-11-26-22/h4-9,13-15,22H,3,10-12H2,1-2H3. The molecule has 1 aliphatic rings. The van der Waals surface area contributed by atoms with E-state index in [2.05, 4.69) is 60.2 Å². The van der Waals surface area contributed by atoms with Crippen LogP contribution in [-0.2, 0) is 15.9 Å². The van der Waals surface area contributed by atoms with Gasteiger partial charge >= 0.3 is 0 Å². The highest BCUT2D eigenvalue weighted by atomic mass is 32.1. The number of ether oxygens (including phenoxy) is 2. The second-order valence-electron chi connectivity index (χ2n) is 7.21. The van der Waals surface area contributed by atoms with Crippen molar-refractivity contribution in [3.63, 3.8) is 0 Å². The highest BCUT2D eigenvalue weighted by Crippen LogP contribution is 2.33. The molecule has 0 aliphatic carbocycles. The number of aromatic nitrogens is 2. The van der Waals surface area contributed by atoms with Gasteiger partial charge in [-0.2, -0.15) is 0 Å². The van der Waals surface area contributed by atoms with Crippen molar-refractivity contribution < 1.29 is 9.47 Å². The summed E-state index contributed by atoms with van der Waals surface area (Å²) in [5, 5.41) is 1.01. The van der Waals surface area contributed by atoms with E-state index < -0.39 is 0 Å². The van der Waals surface area contributed by atoms with Crippen LogP contribution in [0.4, 0.5) is 0 Å². The van der Waals surface area contributed by atoms with E-state index in [0.717, 1.165) is 58.3 Å². The van der Waals surface area contributed by atoms with Crippen molar-refractivity contribution in [1.82, 2.24) is 9.97 Å². The van der Waals surface area contributed by atoms with Gasteiger partial charge in [-0.05, 0) is 24.8 Å². The summed E-state index contributed by atoms with van der Waals surface area (Å²) >= 11 is 1.69. The van der Waals surface area contributed by atoms with Crippen molar-refractivity contribution in [1.29, 1.82) is 0 Å². The van der Waals surface area contributed by atoms with Gasteiger partial charge in [0.15, 0.2) is 6.29 Å². The number of rotatable bonds is 5. The molecule has 2 aromatic heterocycles. The second-order valence-corrected chi connectivity index (χ2v) is 8.25. The summed E-state index contributed by atoms with van der Waals surface area (Å²) in [6.45, 7) is 5.93. The molecule has 0 N–H and O–H groups in total. The maximum absolute atomic E-state index is 5.66. The Balaban J connectivity index is 1.48. The van der Waals surface area contributed by atoms with Crippen molar-refractivity contribution >= 4 is 11.3 Å². The summed E-state index contributed by atoms with van der Waals surface area (Å²) < 4.78 is 11.3. The van der Waals surface area contributed by atoms with E-state index in [-0.39, 0.29) is 6.29 Å². The topological polar surface area (TPSA) is 44.2 Å². The van der Waals surface area contributed by atoms with Crippen LogP contribution in [0, 0.1) is 5.92 Å². The monoisotopic (exact) mass is 380 g/mol. The van der Waals surface area contributed by atoms with Gasteiger partial charge in [-0.15, -0.1) is 11.3 Å². The number of hydrogen-bond donors (Lipinski definition) is 0. The molecule has 5 heteroatoms. The molecular formula is C22H24N2O2S. The molecule has 1 fully saturated rings.